The van der Waals surface area contributed by atoms with Crippen LogP contribution in [0.2, 0.25) is 0 Å². The van der Waals surface area contributed by atoms with Crippen molar-refractivity contribution in [2.75, 3.05) is 0 Å². The molecule has 21 heteroatoms. The third-order valence-corrected chi connectivity index (χ3v) is 11.9. The molecule has 3 radical (unpaired) electrons. The largest absolute Gasteiger partial charge is 0.426 e. The van der Waals surface area contributed by atoms with Gasteiger partial charge in [-0.05, 0) is 82.3 Å². The van der Waals surface area contributed by atoms with Crippen molar-refractivity contribution >= 4 is 93.5 Å². The summed E-state index contributed by atoms with van der Waals surface area (Å²) in [5, 5.41) is 8.11. The molecule has 4 aromatic carbocycles. The fourth-order valence-corrected chi connectivity index (χ4v) is 8.54. The van der Waals surface area contributed by atoms with Crippen LogP contribution in [-0.4, -0.2) is 45.1 Å². The number of para-hydroxylation sites is 4. The molecule has 0 saturated carbocycles. The number of thiazole rings is 3. The van der Waals surface area contributed by atoms with Crippen LogP contribution >= 0.6 is 34.0 Å². The van der Waals surface area contributed by atoms with Crippen LogP contribution in [0.1, 0.15) is 0 Å². The van der Waals surface area contributed by atoms with E-state index >= 15 is 0 Å². The zero-order chi connectivity index (χ0) is 42.9. The monoisotopic (exact) mass is 1470 g/mol. The molecule has 12 rings (SSSR count). The SMILES string of the molecule is [Ir].[Ir].[Ir].c1ccc2nc(N=c3[n-]c4ccccc4s3)nnc2c1.c1ccc2sc(=Nc3ncc(-c4ccncc4)cn3)[n-]c2c1.c1ccc2sc(=Nc3ncc(-c4ccncc4)cn3)[n-]c2c1. The first-order chi connectivity index (χ1) is 31.6. The van der Waals surface area contributed by atoms with Crippen LogP contribution in [0.4, 0.5) is 17.8 Å². The van der Waals surface area contributed by atoms with Crippen molar-refractivity contribution < 1.29 is 60.3 Å². The first kappa shape index (κ1) is 48.6. The molecular formula is C46H28Ir3N15S3-3. The maximum Gasteiger partial charge on any atom is 0.167 e. The summed E-state index contributed by atoms with van der Waals surface area (Å²) in [6, 6.07) is 39.1. The first-order valence-corrected chi connectivity index (χ1v) is 21.9. The summed E-state index contributed by atoms with van der Waals surface area (Å²) < 4.78 is 3.31. The Morgan fingerprint density at radius 1 is 0.358 bits per heavy atom. The van der Waals surface area contributed by atoms with Crippen LogP contribution in [0, 0.1) is 0 Å². The fraction of sp³-hybridized carbons (Fsp3) is 0. The minimum Gasteiger partial charge on any atom is -0.426 e. The van der Waals surface area contributed by atoms with E-state index in [1.807, 2.05) is 121 Å². The third kappa shape index (κ3) is 12.3. The van der Waals surface area contributed by atoms with Crippen molar-refractivity contribution in [3.05, 3.63) is 185 Å². The number of benzene rings is 4. The number of aromatic nitrogens is 12. The van der Waals surface area contributed by atoms with Crippen LogP contribution in [-0.2, 0) is 60.3 Å². The van der Waals surface area contributed by atoms with Gasteiger partial charge in [0.05, 0.1) is 5.52 Å². The van der Waals surface area contributed by atoms with Gasteiger partial charge >= 0.3 is 0 Å². The van der Waals surface area contributed by atoms with Gasteiger partial charge in [-0.3, -0.25) is 9.97 Å². The number of rotatable bonds is 5. The summed E-state index contributed by atoms with van der Waals surface area (Å²) in [5.41, 5.74) is 8.29. The second kappa shape index (κ2) is 23.4. The van der Waals surface area contributed by atoms with Crippen molar-refractivity contribution in [2.45, 2.75) is 0 Å². The number of nitrogens with zero attached hydrogens (tertiary/aromatic N) is 15. The predicted molar refractivity (Wildman–Crippen MR) is 249 cm³/mol. The molecule has 0 atom stereocenters. The second-order valence-corrected chi connectivity index (χ2v) is 16.4. The molecule has 8 aromatic heterocycles. The van der Waals surface area contributed by atoms with Gasteiger partial charge in [-0.25, -0.2) is 24.9 Å². The van der Waals surface area contributed by atoms with Crippen LogP contribution in [0.25, 0.3) is 63.9 Å². The van der Waals surface area contributed by atoms with E-state index in [0.717, 1.165) is 63.9 Å². The maximum absolute atomic E-state index is 4.45. The number of fused-ring (bicyclic) bond motifs is 4. The average molecular weight is 1460 g/mol. The van der Waals surface area contributed by atoms with E-state index < -0.39 is 0 Å². The smallest absolute Gasteiger partial charge is 0.167 e. The molecule has 0 N–H and O–H groups in total. The van der Waals surface area contributed by atoms with E-state index in [4.69, 9.17) is 0 Å². The van der Waals surface area contributed by atoms with E-state index in [9.17, 15) is 0 Å². The molecule has 0 fully saturated rings. The number of hydrogen-bond donors (Lipinski definition) is 0. The Labute approximate surface area is 432 Å². The van der Waals surface area contributed by atoms with E-state index in [1.165, 1.54) is 34.0 Å². The molecule has 0 unspecified atom stereocenters. The zero-order valence-electron chi connectivity index (χ0n) is 34.1. The summed E-state index contributed by atoms with van der Waals surface area (Å²) in [4.78, 5) is 58.0. The van der Waals surface area contributed by atoms with Gasteiger partial charge in [0, 0.05) is 150 Å². The molecule has 0 aliphatic carbocycles. The molecular weight excluding hydrogens is 1440 g/mol. The fourth-order valence-electron chi connectivity index (χ4n) is 6.04. The molecule has 0 saturated heterocycles. The summed E-state index contributed by atoms with van der Waals surface area (Å²) in [7, 11) is 0. The number of pyridine rings is 2. The molecule has 67 heavy (non-hydrogen) atoms. The minimum atomic E-state index is 0. The van der Waals surface area contributed by atoms with Gasteiger partial charge in [-0.15, -0.1) is 44.2 Å². The third-order valence-electron chi connectivity index (χ3n) is 9.09. The molecule has 0 spiro atoms. The topological polar surface area (TPSA) is 195 Å². The van der Waals surface area contributed by atoms with Gasteiger partial charge in [0.1, 0.15) is 17.4 Å². The average Bonchev–Trinajstić information content (AvgIpc) is 4.09. The molecule has 8 heterocycles. The summed E-state index contributed by atoms with van der Waals surface area (Å²) >= 11 is 4.57. The van der Waals surface area contributed by atoms with E-state index in [0.29, 0.717) is 32.2 Å². The summed E-state index contributed by atoms with van der Waals surface area (Å²) in [5.74, 6) is 1.16. The second-order valence-electron chi connectivity index (χ2n) is 13.3. The van der Waals surface area contributed by atoms with Gasteiger partial charge in [0.25, 0.3) is 0 Å². The molecule has 12 aromatic rings. The van der Waals surface area contributed by atoms with E-state index in [2.05, 4.69) is 75.0 Å². The summed E-state index contributed by atoms with van der Waals surface area (Å²) in [6.45, 7) is 0. The van der Waals surface area contributed by atoms with Crippen molar-refractivity contribution in [1.29, 1.82) is 0 Å². The van der Waals surface area contributed by atoms with Crippen LogP contribution in [0.15, 0.2) is 186 Å². The normalized spacial score (nSPS) is 11.5. The van der Waals surface area contributed by atoms with Gasteiger partial charge in [0.2, 0.25) is 0 Å². The van der Waals surface area contributed by atoms with Gasteiger partial charge in [-0.2, -0.15) is 0 Å². The Kier molecular flexibility index (Phi) is 16.9. The van der Waals surface area contributed by atoms with Crippen molar-refractivity contribution in [3.63, 3.8) is 0 Å². The molecule has 335 valence electrons. The van der Waals surface area contributed by atoms with E-state index in [1.54, 1.807) is 49.6 Å². The molecule has 0 aliphatic heterocycles. The Morgan fingerprint density at radius 3 is 1.12 bits per heavy atom. The van der Waals surface area contributed by atoms with Gasteiger partial charge < -0.3 is 29.9 Å². The standard InChI is InChI=1S/2C16H10N5S.C14H8N5S.3Ir/c2*1-2-4-14-13(3-1)20-16(22-14)21-15-18-9-12(10-19-15)11-5-7-17-8-6-11;1-2-6-10-9(5-1)15-13(19-18-10)17-14-16-11-7-3-4-8-12(11)20-14;;;/h2*1-10H;1-8H;;;/q3*-1;;;. The maximum atomic E-state index is 4.45. The van der Waals surface area contributed by atoms with E-state index in [-0.39, 0.29) is 60.3 Å². The minimum absolute atomic E-state index is 0. The van der Waals surface area contributed by atoms with Crippen molar-refractivity contribution in [1.82, 2.24) is 60.0 Å². The Bertz CT molecular complexity index is 3430. The summed E-state index contributed by atoms with van der Waals surface area (Å²) in [6.07, 6.45) is 14.0. The van der Waals surface area contributed by atoms with Crippen molar-refractivity contribution in [2.24, 2.45) is 15.0 Å². The van der Waals surface area contributed by atoms with Crippen LogP contribution < -0.4 is 29.4 Å². The van der Waals surface area contributed by atoms with Gasteiger partial charge in [0.15, 0.2) is 5.95 Å². The molecule has 15 nitrogen and oxygen atoms in total. The van der Waals surface area contributed by atoms with Crippen LogP contribution in [0.5, 0.6) is 0 Å². The molecule has 0 aliphatic rings. The number of hydrogen-bond acceptors (Lipinski definition) is 15. The van der Waals surface area contributed by atoms with Crippen LogP contribution in [0.3, 0.4) is 0 Å². The predicted octanol–water partition coefficient (Wildman–Crippen LogP) is 8.31. The molecule has 0 amide bonds. The Hall–Kier alpha value is -6.37. The van der Waals surface area contributed by atoms with Gasteiger partial charge in [-0.1, -0.05) is 66.7 Å². The Morgan fingerprint density at radius 2 is 0.716 bits per heavy atom. The quantitative estimate of drug-likeness (QED) is 0.160. The van der Waals surface area contributed by atoms with Crippen molar-refractivity contribution in [3.8, 4) is 22.3 Å². The Balaban J connectivity index is 0.000000146. The first-order valence-electron chi connectivity index (χ1n) is 19.4. The zero-order valence-corrected chi connectivity index (χ0v) is 43.7. The molecule has 0 bridgehead atoms.